The average molecular weight is 463 g/mol. The molecule has 2 aromatic heterocycles. The Hall–Kier alpha value is -4.90. The van der Waals surface area contributed by atoms with Gasteiger partial charge in [0.15, 0.2) is 12.4 Å². The largest absolute Gasteiger partial charge is 0.478 e. The third-order valence-electron chi connectivity index (χ3n) is 5.52. The monoisotopic (exact) mass is 463 g/mol. The Balaban J connectivity index is 1.68. The fraction of sp³-hybridized carbons (Fsp3) is 0.111. The van der Waals surface area contributed by atoms with E-state index in [1.54, 1.807) is 18.2 Å². The fourth-order valence-electron chi connectivity index (χ4n) is 3.75. The summed E-state index contributed by atoms with van der Waals surface area (Å²) in [7, 11) is 3.83. The lowest BCUT2D eigenvalue weighted by molar-refractivity contribution is 0.367. The van der Waals surface area contributed by atoms with Crippen molar-refractivity contribution in [1.82, 2.24) is 9.66 Å². The van der Waals surface area contributed by atoms with Gasteiger partial charge in [-0.15, -0.1) is 0 Å². The van der Waals surface area contributed by atoms with Crippen molar-refractivity contribution in [1.29, 1.82) is 5.26 Å². The van der Waals surface area contributed by atoms with Crippen molar-refractivity contribution in [3.63, 3.8) is 0 Å². The minimum Gasteiger partial charge on any atom is -0.478 e. The van der Waals surface area contributed by atoms with Gasteiger partial charge in [-0.1, -0.05) is 30.3 Å². The Morgan fingerprint density at radius 1 is 1.11 bits per heavy atom. The first-order chi connectivity index (χ1) is 17.0. The molecule has 2 heterocycles. The van der Waals surface area contributed by atoms with Gasteiger partial charge in [0.05, 0.1) is 17.1 Å². The van der Waals surface area contributed by atoms with E-state index in [9.17, 15) is 4.79 Å². The Kier molecular flexibility index (Phi) is 5.73. The molecule has 0 aliphatic heterocycles. The van der Waals surface area contributed by atoms with Crippen molar-refractivity contribution >= 4 is 33.8 Å². The molecule has 3 aromatic carbocycles. The number of para-hydroxylation sites is 2. The number of nitrogens with zero attached hydrogens (tertiary/aromatic N) is 5. The highest BCUT2D eigenvalue weighted by molar-refractivity contribution is 5.86. The number of hydrogen-bond donors (Lipinski definition) is 0. The van der Waals surface area contributed by atoms with Gasteiger partial charge in [0.2, 0.25) is 5.82 Å². The van der Waals surface area contributed by atoms with Gasteiger partial charge in [-0.05, 0) is 36.4 Å². The molecule has 0 fully saturated rings. The van der Waals surface area contributed by atoms with Gasteiger partial charge >= 0.3 is 0 Å². The molecule has 0 N–H and O–H groups in total. The first-order valence-corrected chi connectivity index (χ1v) is 10.9. The molecular weight excluding hydrogens is 442 g/mol. The van der Waals surface area contributed by atoms with Crippen molar-refractivity contribution in [3.05, 3.63) is 88.7 Å². The number of anilines is 1. The van der Waals surface area contributed by atoms with Crippen molar-refractivity contribution < 1.29 is 9.15 Å². The van der Waals surface area contributed by atoms with Crippen LogP contribution < -0.4 is 15.2 Å². The quantitative estimate of drug-likeness (QED) is 0.340. The number of benzene rings is 3. The summed E-state index contributed by atoms with van der Waals surface area (Å²) in [6, 6.07) is 24.1. The smallest absolute Gasteiger partial charge is 0.282 e. The Labute approximate surface area is 200 Å². The second-order valence-corrected chi connectivity index (χ2v) is 8.03. The minimum atomic E-state index is -0.327. The Bertz CT molecular complexity index is 1640. The number of rotatable bonds is 6. The summed E-state index contributed by atoms with van der Waals surface area (Å²) in [4.78, 5) is 20.1. The van der Waals surface area contributed by atoms with E-state index in [-0.39, 0.29) is 18.0 Å². The van der Waals surface area contributed by atoms with Crippen LogP contribution in [0.5, 0.6) is 5.75 Å². The van der Waals surface area contributed by atoms with E-state index < -0.39 is 0 Å². The number of ether oxygens (including phenoxy) is 1. The maximum Gasteiger partial charge on any atom is 0.282 e. The van der Waals surface area contributed by atoms with Crippen LogP contribution in [0, 0.1) is 11.3 Å². The van der Waals surface area contributed by atoms with Crippen LogP contribution in [0.15, 0.2) is 87.1 Å². The number of nitriles is 1. The molecule has 0 amide bonds. The van der Waals surface area contributed by atoms with E-state index in [0.717, 1.165) is 11.1 Å². The van der Waals surface area contributed by atoms with Gasteiger partial charge in [-0.25, -0.2) is 4.98 Å². The number of aromatic nitrogens is 2. The summed E-state index contributed by atoms with van der Waals surface area (Å²) in [6.07, 6.45) is 1.52. The number of hydrogen-bond acceptors (Lipinski definition) is 7. The van der Waals surface area contributed by atoms with E-state index in [1.807, 2.05) is 79.7 Å². The average Bonchev–Trinajstić information content (AvgIpc) is 3.31. The van der Waals surface area contributed by atoms with Crippen LogP contribution in [0.25, 0.3) is 33.5 Å². The lowest BCUT2D eigenvalue weighted by atomic mass is 10.2. The van der Waals surface area contributed by atoms with Crippen molar-refractivity contribution in [2.45, 2.75) is 0 Å². The van der Waals surface area contributed by atoms with Crippen LogP contribution in [-0.2, 0) is 0 Å². The van der Waals surface area contributed by atoms with Gasteiger partial charge in [0, 0.05) is 36.8 Å². The maximum atomic E-state index is 13.4. The predicted molar refractivity (Wildman–Crippen MR) is 136 cm³/mol. The standard InChI is InChI=1S/C27H21N5O3/c1-31(2)20-12-11-19(24(16-20)34-14-13-28)17-29-32-26(25-15-18-7-3-6-10-23(18)35-25)30-22-9-5-4-8-21(22)27(32)33/h3-12,15-17H,14H2,1-2H3. The van der Waals surface area contributed by atoms with E-state index in [0.29, 0.717) is 33.6 Å². The molecule has 0 saturated heterocycles. The molecule has 0 radical (unpaired) electrons. The van der Waals surface area contributed by atoms with Crippen LogP contribution in [0.2, 0.25) is 0 Å². The molecule has 0 spiro atoms. The van der Waals surface area contributed by atoms with Crippen LogP contribution in [0.4, 0.5) is 5.69 Å². The molecular formula is C27H21N5O3. The third kappa shape index (κ3) is 4.23. The van der Waals surface area contributed by atoms with Crippen LogP contribution in [0.3, 0.4) is 0 Å². The highest BCUT2D eigenvalue weighted by Crippen LogP contribution is 2.28. The Morgan fingerprint density at radius 3 is 2.71 bits per heavy atom. The Morgan fingerprint density at radius 2 is 1.91 bits per heavy atom. The zero-order valence-corrected chi connectivity index (χ0v) is 19.2. The molecule has 8 nitrogen and oxygen atoms in total. The topological polar surface area (TPSA) is 96.7 Å². The van der Waals surface area contributed by atoms with Crippen molar-refractivity contribution in [2.24, 2.45) is 5.10 Å². The SMILES string of the molecule is CN(C)c1ccc(C=Nn2c(-c3cc4ccccc4o3)nc3ccccc3c2=O)c(OCC#N)c1. The summed E-state index contributed by atoms with van der Waals surface area (Å²) in [5, 5.41) is 14.8. The molecule has 0 aliphatic rings. The first-order valence-electron chi connectivity index (χ1n) is 10.9. The van der Waals surface area contributed by atoms with Gasteiger partial charge in [-0.3, -0.25) is 4.79 Å². The second kappa shape index (κ2) is 9.15. The molecule has 0 unspecified atom stereocenters. The molecule has 35 heavy (non-hydrogen) atoms. The van der Waals surface area contributed by atoms with Gasteiger partial charge in [-0.2, -0.15) is 15.0 Å². The summed E-state index contributed by atoms with van der Waals surface area (Å²) in [6.45, 7) is -0.112. The van der Waals surface area contributed by atoms with Crippen LogP contribution in [0.1, 0.15) is 5.56 Å². The highest BCUT2D eigenvalue weighted by Gasteiger charge is 2.16. The number of fused-ring (bicyclic) bond motifs is 2. The van der Waals surface area contributed by atoms with Crippen LogP contribution >= 0.6 is 0 Å². The normalized spacial score (nSPS) is 11.2. The molecule has 172 valence electrons. The summed E-state index contributed by atoms with van der Waals surface area (Å²) < 4.78 is 12.9. The summed E-state index contributed by atoms with van der Waals surface area (Å²) in [5.41, 5.74) is 2.43. The van der Waals surface area contributed by atoms with Crippen LogP contribution in [-0.4, -0.2) is 36.6 Å². The fourth-order valence-corrected chi connectivity index (χ4v) is 3.75. The van der Waals surface area contributed by atoms with Crippen molar-refractivity contribution in [3.8, 4) is 23.4 Å². The zero-order valence-electron chi connectivity index (χ0n) is 19.2. The summed E-state index contributed by atoms with van der Waals surface area (Å²) in [5.74, 6) is 1.19. The van der Waals surface area contributed by atoms with Gasteiger partial charge in [0.1, 0.15) is 17.4 Å². The van der Waals surface area contributed by atoms with E-state index in [1.165, 1.54) is 10.9 Å². The predicted octanol–water partition coefficient (Wildman–Crippen LogP) is 4.66. The molecule has 5 rings (SSSR count). The second-order valence-electron chi connectivity index (χ2n) is 8.03. The molecule has 0 saturated carbocycles. The van der Waals surface area contributed by atoms with E-state index in [4.69, 9.17) is 19.4 Å². The number of furan rings is 1. The highest BCUT2D eigenvalue weighted by atomic mass is 16.5. The first kappa shape index (κ1) is 21.9. The zero-order chi connectivity index (χ0) is 24.4. The molecule has 5 aromatic rings. The minimum absolute atomic E-state index is 0.112. The van der Waals surface area contributed by atoms with E-state index >= 15 is 0 Å². The molecule has 0 bridgehead atoms. The van der Waals surface area contributed by atoms with E-state index in [2.05, 4.69) is 5.10 Å². The van der Waals surface area contributed by atoms with Gasteiger partial charge in [0.25, 0.3) is 5.56 Å². The maximum absolute atomic E-state index is 13.4. The third-order valence-corrected chi connectivity index (χ3v) is 5.52. The molecule has 8 heteroatoms. The molecule has 0 aliphatic carbocycles. The van der Waals surface area contributed by atoms with Gasteiger partial charge < -0.3 is 14.1 Å². The lowest BCUT2D eigenvalue weighted by Gasteiger charge is -2.15. The van der Waals surface area contributed by atoms with Crippen molar-refractivity contribution in [2.75, 3.05) is 25.6 Å². The lowest BCUT2D eigenvalue weighted by Crippen LogP contribution is -2.20. The molecule has 0 atom stereocenters. The summed E-state index contributed by atoms with van der Waals surface area (Å²) >= 11 is 0.